The molecule has 0 aliphatic heterocycles. The normalized spacial score (nSPS) is 9.15. The minimum absolute atomic E-state index is 0.0786. The second-order valence-electron chi connectivity index (χ2n) is 2.59. The largest absolute Gasteiger partial charge is 0.504 e. The first-order valence-electron chi connectivity index (χ1n) is 3.62. The molecule has 0 unspecified atom stereocenters. The van der Waals surface area contributed by atoms with Crippen molar-refractivity contribution in [1.29, 1.82) is 10.7 Å². The standard InChI is InChI=1S/C9H8N2O2/c10-5-7(11)3-6-1-2-8(12)9(13)4-6/h1-2,4,11-13H,3H2. The molecule has 0 radical (unpaired) electrons. The number of phenolic OH excluding ortho intramolecular Hbond substituents is 2. The van der Waals surface area contributed by atoms with E-state index in [9.17, 15) is 0 Å². The van der Waals surface area contributed by atoms with Crippen molar-refractivity contribution in [2.45, 2.75) is 6.42 Å². The zero-order valence-corrected chi connectivity index (χ0v) is 6.78. The number of benzene rings is 1. The second kappa shape index (κ2) is 3.59. The van der Waals surface area contributed by atoms with Gasteiger partial charge in [-0.3, -0.25) is 5.41 Å². The fourth-order valence-electron chi connectivity index (χ4n) is 0.923. The molecular formula is C9H8N2O2. The van der Waals surface area contributed by atoms with E-state index in [1.165, 1.54) is 12.1 Å². The van der Waals surface area contributed by atoms with E-state index in [-0.39, 0.29) is 23.6 Å². The number of nitrogens with zero attached hydrogens (tertiary/aromatic N) is 1. The molecule has 3 N–H and O–H groups in total. The highest BCUT2D eigenvalue weighted by Gasteiger charge is 2.02. The van der Waals surface area contributed by atoms with Gasteiger partial charge in [0.25, 0.3) is 0 Å². The lowest BCUT2D eigenvalue weighted by molar-refractivity contribution is 0.403. The van der Waals surface area contributed by atoms with Crippen LogP contribution in [0, 0.1) is 16.7 Å². The monoisotopic (exact) mass is 176 g/mol. The summed E-state index contributed by atoms with van der Waals surface area (Å²) >= 11 is 0. The molecule has 1 rings (SSSR count). The average Bonchev–Trinajstić information content (AvgIpc) is 2.11. The van der Waals surface area contributed by atoms with Gasteiger partial charge in [0.1, 0.15) is 11.8 Å². The lowest BCUT2D eigenvalue weighted by Gasteiger charge is -2.00. The lowest BCUT2D eigenvalue weighted by Crippen LogP contribution is -1.96. The number of rotatable bonds is 2. The van der Waals surface area contributed by atoms with Crippen LogP contribution in [0.3, 0.4) is 0 Å². The van der Waals surface area contributed by atoms with E-state index in [1.807, 2.05) is 0 Å². The molecular weight excluding hydrogens is 168 g/mol. The lowest BCUT2D eigenvalue weighted by atomic mass is 10.1. The Morgan fingerprint density at radius 2 is 2.08 bits per heavy atom. The van der Waals surface area contributed by atoms with Gasteiger partial charge in [0.2, 0.25) is 0 Å². The van der Waals surface area contributed by atoms with Crippen LogP contribution in [0.2, 0.25) is 0 Å². The number of phenols is 2. The summed E-state index contributed by atoms with van der Waals surface area (Å²) in [4.78, 5) is 0. The summed E-state index contributed by atoms with van der Waals surface area (Å²) in [7, 11) is 0. The zero-order valence-electron chi connectivity index (χ0n) is 6.78. The number of hydrogen-bond donors (Lipinski definition) is 3. The molecule has 0 bridgehead atoms. The van der Waals surface area contributed by atoms with Crippen LogP contribution in [0.1, 0.15) is 5.56 Å². The molecule has 0 atom stereocenters. The van der Waals surface area contributed by atoms with Gasteiger partial charge in [-0.2, -0.15) is 5.26 Å². The molecule has 13 heavy (non-hydrogen) atoms. The molecule has 4 heteroatoms. The Morgan fingerprint density at radius 3 is 2.62 bits per heavy atom. The van der Waals surface area contributed by atoms with E-state index in [1.54, 1.807) is 12.1 Å². The van der Waals surface area contributed by atoms with Gasteiger partial charge in [0, 0.05) is 6.42 Å². The fourth-order valence-corrected chi connectivity index (χ4v) is 0.923. The first kappa shape index (κ1) is 9.07. The predicted octanol–water partition coefficient (Wildman–Crippen LogP) is 1.18. The summed E-state index contributed by atoms with van der Waals surface area (Å²) in [6.07, 6.45) is 0.171. The number of nitrogens with one attached hydrogen (secondary N) is 1. The Bertz CT molecular complexity index is 380. The van der Waals surface area contributed by atoms with Crippen molar-refractivity contribution in [2.24, 2.45) is 0 Å². The highest BCUT2D eigenvalue weighted by Crippen LogP contribution is 2.24. The molecule has 66 valence electrons. The molecule has 4 nitrogen and oxygen atoms in total. The highest BCUT2D eigenvalue weighted by atomic mass is 16.3. The van der Waals surface area contributed by atoms with E-state index in [4.69, 9.17) is 20.9 Å². The molecule has 0 aromatic heterocycles. The first-order valence-corrected chi connectivity index (χ1v) is 3.62. The van der Waals surface area contributed by atoms with Crippen LogP contribution in [0.25, 0.3) is 0 Å². The van der Waals surface area contributed by atoms with Gasteiger partial charge in [0.05, 0.1) is 0 Å². The maximum absolute atomic E-state index is 9.08. The molecule has 0 aliphatic carbocycles. The molecule has 0 amide bonds. The minimum atomic E-state index is -0.233. The zero-order chi connectivity index (χ0) is 9.84. The van der Waals surface area contributed by atoms with E-state index < -0.39 is 0 Å². The summed E-state index contributed by atoms with van der Waals surface area (Å²) in [5.41, 5.74) is 0.548. The molecule has 0 fully saturated rings. The highest BCUT2D eigenvalue weighted by molar-refractivity contribution is 5.97. The third kappa shape index (κ3) is 2.20. The molecule has 0 aliphatic rings. The van der Waals surface area contributed by atoms with Crippen LogP contribution < -0.4 is 0 Å². The van der Waals surface area contributed by atoms with Crippen molar-refractivity contribution >= 4 is 5.71 Å². The maximum atomic E-state index is 9.08. The second-order valence-corrected chi connectivity index (χ2v) is 2.59. The predicted molar refractivity (Wildman–Crippen MR) is 46.8 cm³/mol. The van der Waals surface area contributed by atoms with Crippen molar-refractivity contribution in [3.63, 3.8) is 0 Å². The maximum Gasteiger partial charge on any atom is 0.157 e. The third-order valence-corrected chi connectivity index (χ3v) is 1.56. The molecule has 0 saturated carbocycles. The fraction of sp³-hybridized carbons (Fsp3) is 0.111. The summed E-state index contributed by atoms with van der Waals surface area (Å²) in [6, 6.07) is 5.91. The number of hydrogen-bond acceptors (Lipinski definition) is 4. The van der Waals surface area contributed by atoms with Crippen LogP contribution in [0.4, 0.5) is 0 Å². The Kier molecular flexibility index (Phi) is 2.50. The minimum Gasteiger partial charge on any atom is -0.504 e. The van der Waals surface area contributed by atoms with E-state index in [2.05, 4.69) is 0 Å². The van der Waals surface area contributed by atoms with E-state index in [0.29, 0.717) is 5.56 Å². The van der Waals surface area contributed by atoms with Gasteiger partial charge in [-0.1, -0.05) is 6.07 Å². The molecule has 1 aromatic carbocycles. The SMILES string of the molecule is N#CC(=N)Cc1ccc(O)c(O)c1. The topological polar surface area (TPSA) is 88.1 Å². The molecule has 0 spiro atoms. The van der Waals surface area contributed by atoms with Crippen LogP contribution >= 0.6 is 0 Å². The van der Waals surface area contributed by atoms with Crippen LogP contribution in [0.5, 0.6) is 11.5 Å². The number of aromatic hydroxyl groups is 2. The Hall–Kier alpha value is -2.02. The quantitative estimate of drug-likeness (QED) is 0.467. The molecule has 0 heterocycles. The van der Waals surface area contributed by atoms with Gasteiger partial charge in [0.15, 0.2) is 11.5 Å². The van der Waals surface area contributed by atoms with Gasteiger partial charge in [-0.25, -0.2) is 0 Å². The van der Waals surface area contributed by atoms with Crippen molar-refractivity contribution in [3.05, 3.63) is 23.8 Å². The van der Waals surface area contributed by atoms with Gasteiger partial charge < -0.3 is 10.2 Å². The van der Waals surface area contributed by atoms with Crippen LogP contribution in [0.15, 0.2) is 18.2 Å². The van der Waals surface area contributed by atoms with Crippen molar-refractivity contribution in [1.82, 2.24) is 0 Å². The molecule has 1 aromatic rings. The van der Waals surface area contributed by atoms with Gasteiger partial charge >= 0.3 is 0 Å². The van der Waals surface area contributed by atoms with Gasteiger partial charge in [-0.15, -0.1) is 0 Å². The van der Waals surface area contributed by atoms with Gasteiger partial charge in [-0.05, 0) is 17.7 Å². The summed E-state index contributed by atoms with van der Waals surface area (Å²) in [6.45, 7) is 0. The van der Waals surface area contributed by atoms with Crippen molar-refractivity contribution < 1.29 is 10.2 Å². The average molecular weight is 176 g/mol. The molecule has 0 saturated heterocycles. The summed E-state index contributed by atoms with van der Waals surface area (Å²) < 4.78 is 0. The van der Waals surface area contributed by atoms with Crippen LogP contribution in [-0.2, 0) is 6.42 Å². The Balaban J connectivity index is 2.87. The van der Waals surface area contributed by atoms with Crippen LogP contribution in [-0.4, -0.2) is 15.9 Å². The third-order valence-electron chi connectivity index (χ3n) is 1.56. The van der Waals surface area contributed by atoms with E-state index >= 15 is 0 Å². The van der Waals surface area contributed by atoms with Crippen molar-refractivity contribution in [2.75, 3.05) is 0 Å². The smallest absolute Gasteiger partial charge is 0.157 e. The van der Waals surface area contributed by atoms with Crippen molar-refractivity contribution in [3.8, 4) is 17.6 Å². The summed E-state index contributed by atoms with van der Waals surface area (Å²) in [5, 5.41) is 33.5. The first-order chi connectivity index (χ1) is 6.13. The Morgan fingerprint density at radius 1 is 1.38 bits per heavy atom. The summed E-state index contributed by atoms with van der Waals surface area (Å²) in [5.74, 6) is -0.435. The Labute approximate surface area is 75.2 Å². The number of nitriles is 1. The van der Waals surface area contributed by atoms with E-state index in [0.717, 1.165) is 0 Å².